The van der Waals surface area contributed by atoms with Crippen molar-refractivity contribution in [2.24, 2.45) is 0 Å². The molecule has 98 valence electrons. The van der Waals surface area contributed by atoms with E-state index in [0.717, 1.165) is 11.3 Å². The van der Waals surface area contributed by atoms with Crippen LogP contribution in [0.1, 0.15) is 5.69 Å². The van der Waals surface area contributed by atoms with Crippen LogP contribution in [0, 0.1) is 6.92 Å². The number of fused-ring (bicyclic) bond motifs is 1. The quantitative estimate of drug-likeness (QED) is 0.755. The summed E-state index contributed by atoms with van der Waals surface area (Å²) in [5.74, 6) is 1.69. The third-order valence-corrected chi connectivity index (χ3v) is 3.15. The molecule has 0 amide bonds. The molecule has 4 nitrogen and oxygen atoms in total. The summed E-state index contributed by atoms with van der Waals surface area (Å²) in [6.45, 7) is 2.86. The Morgan fingerprint density at radius 3 is 2.63 bits per heavy atom. The lowest BCUT2D eigenvalue weighted by Crippen LogP contribution is -2.15. The molecule has 2 heterocycles. The van der Waals surface area contributed by atoms with Crippen molar-refractivity contribution in [3.05, 3.63) is 34.1 Å². The molecule has 0 spiro atoms. The van der Waals surface area contributed by atoms with Crippen LogP contribution in [-0.4, -0.2) is 23.2 Å². The maximum atomic E-state index is 6.18. The second kappa shape index (κ2) is 4.87. The van der Waals surface area contributed by atoms with Crippen LogP contribution in [0.5, 0.6) is 11.5 Å². The average Bonchev–Trinajstić information content (AvgIpc) is 2.37. The van der Waals surface area contributed by atoms with Crippen molar-refractivity contribution in [2.75, 3.05) is 13.2 Å². The van der Waals surface area contributed by atoms with Crippen molar-refractivity contribution >= 4 is 23.2 Å². The van der Waals surface area contributed by atoms with Gasteiger partial charge in [0, 0.05) is 11.3 Å². The number of aromatic nitrogens is 2. The van der Waals surface area contributed by atoms with E-state index < -0.39 is 0 Å². The fourth-order valence-corrected chi connectivity index (χ4v) is 2.40. The Kier molecular flexibility index (Phi) is 3.21. The lowest BCUT2D eigenvalue weighted by molar-refractivity contribution is 0.172. The Morgan fingerprint density at radius 2 is 1.84 bits per heavy atom. The minimum atomic E-state index is 0.397. The molecule has 3 rings (SSSR count). The molecule has 0 saturated carbocycles. The van der Waals surface area contributed by atoms with Crippen LogP contribution < -0.4 is 9.47 Å². The van der Waals surface area contributed by atoms with E-state index in [1.807, 2.05) is 13.0 Å². The minimum absolute atomic E-state index is 0.397. The highest BCUT2D eigenvalue weighted by Crippen LogP contribution is 2.40. The van der Waals surface area contributed by atoms with Gasteiger partial charge in [0.05, 0.1) is 5.02 Å². The van der Waals surface area contributed by atoms with Crippen molar-refractivity contribution in [3.8, 4) is 22.9 Å². The van der Waals surface area contributed by atoms with E-state index in [4.69, 9.17) is 32.7 Å². The highest BCUT2D eigenvalue weighted by molar-refractivity contribution is 6.32. The van der Waals surface area contributed by atoms with Crippen LogP contribution in [0.4, 0.5) is 0 Å². The van der Waals surface area contributed by atoms with E-state index in [9.17, 15) is 0 Å². The first kappa shape index (κ1) is 12.5. The lowest BCUT2D eigenvalue weighted by Gasteiger charge is -2.20. The number of rotatable bonds is 1. The van der Waals surface area contributed by atoms with Crippen molar-refractivity contribution in [2.45, 2.75) is 6.92 Å². The van der Waals surface area contributed by atoms with E-state index in [-0.39, 0.29) is 0 Å². The van der Waals surface area contributed by atoms with Gasteiger partial charge >= 0.3 is 0 Å². The number of ether oxygens (including phenoxy) is 2. The lowest BCUT2D eigenvalue weighted by atomic mass is 10.1. The number of halogens is 2. The topological polar surface area (TPSA) is 44.2 Å². The smallest absolute Gasteiger partial charge is 0.179 e. The summed E-state index contributed by atoms with van der Waals surface area (Å²) < 4.78 is 11.0. The van der Waals surface area contributed by atoms with Gasteiger partial charge in [0.25, 0.3) is 0 Å². The van der Waals surface area contributed by atoms with E-state index in [1.165, 1.54) is 0 Å². The average molecular weight is 297 g/mol. The fourth-order valence-electron chi connectivity index (χ4n) is 1.90. The van der Waals surface area contributed by atoms with Gasteiger partial charge in [-0.1, -0.05) is 23.2 Å². The summed E-state index contributed by atoms with van der Waals surface area (Å²) >= 11 is 12.1. The van der Waals surface area contributed by atoms with Gasteiger partial charge < -0.3 is 9.47 Å². The molecule has 0 N–H and O–H groups in total. The van der Waals surface area contributed by atoms with E-state index >= 15 is 0 Å². The maximum absolute atomic E-state index is 6.18. The molecule has 0 saturated heterocycles. The summed E-state index contributed by atoms with van der Waals surface area (Å²) in [4.78, 5) is 8.54. The SMILES string of the molecule is Cc1cc(Cl)nc(-c2cc(Cl)c3c(c2)OCCO3)n1. The fraction of sp³-hybridized carbons (Fsp3) is 0.231. The van der Waals surface area contributed by atoms with Crippen LogP contribution >= 0.6 is 23.2 Å². The Morgan fingerprint density at radius 1 is 1.05 bits per heavy atom. The van der Waals surface area contributed by atoms with Gasteiger partial charge in [-0.3, -0.25) is 0 Å². The summed E-state index contributed by atoms with van der Waals surface area (Å²) in [5, 5.41) is 0.877. The zero-order valence-corrected chi connectivity index (χ0v) is 11.6. The van der Waals surface area contributed by atoms with Gasteiger partial charge in [-0.25, -0.2) is 9.97 Å². The Hall–Kier alpha value is -1.52. The Balaban J connectivity index is 2.12. The van der Waals surface area contributed by atoms with Crippen molar-refractivity contribution < 1.29 is 9.47 Å². The first-order valence-corrected chi connectivity index (χ1v) is 6.50. The van der Waals surface area contributed by atoms with Crippen molar-refractivity contribution in [1.82, 2.24) is 9.97 Å². The van der Waals surface area contributed by atoms with Crippen molar-refractivity contribution in [3.63, 3.8) is 0 Å². The van der Waals surface area contributed by atoms with Gasteiger partial charge in [0.2, 0.25) is 0 Å². The zero-order chi connectivity index (χ0) is 13.4. The molecule has 1 aliphatic rings. The van der Waals surface area contributed by atoms with Crippen LogP contribution in [0.2, 0.25) is 10.2 Å². The predicted octanol–water partition coefficient (Wildman–Crippen LogP) is 3.53. The van der Waals surface area contributed by atoms with Crippen LogP contribution in [0.3, 0.4) is 0 Å². The normalized spacial score (nSPS) is 13.4. The van der Waals surface area contributed by atoms with E-state index in [0.29, 0.717) is 40.7 Å². The Bertz CT molecular complexity index is 627. The maximum Gasteiger partial charge on any atom is 0.179 e. The molecule has 0 bridgehead atoms. The molecule has 1 aliphatic heterocycles. The largest absolute Gasteiger partial charge is 0.486 e. The zero-order valence-electron chi connectivity index (χ0n) is 10.1. The summed E-state index contributed by atoms with van der Waals surface area (Å²) in [5.41, 5.74) is 1.54. The number of aryl methyl sites for hydroxylation is 1. The summed E-state index contributed by atoms with van der Waals surface area (Å²) in [6, 6.07) is 5.26. The molecule has 0 atom stereocenters. The van der Waals surface area contributed by atoms with Gasteiger partial charge in [0.15, 0.2) is 17.3 Å². The Labute approximate surface area is 120 Å². The monoisotopic (exact) mass is 296 g/mol. The van der Waals surface area contributed by atoms with Gasteiger partial charge in [-0.05, 0) is 25.1 Å². The second-order valence-electron chi connectivity index (χ2n) is 4.14. The first-order chi connectivity index (χ1) is 9.13. The molecule has 1 aromatic carbocycles. The van der Waals surface area contributed by atoms with Gasteiger partial charge in [-0.15, -0.1) is 0 Å². The molecule has 6 heteroatoms. The van der Waals surface area contributed by atoms with Crippen molar-refractivity contribution in [1.29, 1.82) is 0 Å². The van der Waals surface area contributed by atoms with E-state index in [1.54, 1.807) is 12.1 Å². The standard InChI is InChI=1S/C13H10Cl2N2O2/c1-7-4-11(15)17-13(16-7)8-5-9(14)12-10(6-8)18-2-3-19-12/h4-6H,2-3H2,1H3. The first-order valence-electron chi connectivity index (χ1n) is 5.74. The third-order valence-electron chi connectivity index (χ3n) is 2.68. The molecular formula is C13H10Cl2N2O2. The van der Waals surface area contributed by atoms with Gasteiger partial charge in [0.1, 0.15) is 18.4 Å². The predicted molar refractivity (Wildman–Crippen MR) is 73.2 cm³/mol. The van der Waals surface area contributed by atoms with Gasteiger partial charge in [-0.2, -0.15) is 0 Å². The van der Waals surface area contributed by atoms with Crippen LogP contribution in [-0.2, 0) is 0 Å². The molecule has 0 unspecified atom stereocenters. The molecule has 0 fully saturated rings. The van der Waals surface area contributed by atoms with Crippen LogP contribution in [0.25, 0.3) is 11.4 Å². The summed E-state index contributed by atoms with van der Waals surface area (Å²) in [7, 11) is 0. The number of hydrogen-bond donors (Lipinski definition) is 0. The third kappa shape index (κ3) is 2.46. The molecule has 0 aliphatic carbocycles. The molecule has 1 aromatic heterocycles. The number of hydrogen-bond acceptors (Lipinski definition) is 4. The highest BCUT2D eigenvalue weighted by Gasteiger charge is 2.18. The van der Waals surface area contributed by atoms with Crippen LogP contribution in [0.15, 0.2) is 18.2 Å². The molecule has 19 heavy (non-hydrogen) atoms. The molecule has 0 radical (unpaired) electrons. The minimum Gasteiger partial charge on any atom is -0.486 e. The highest BCUT2D eigenvalue weighted by atomic mass is 35.5. The molecule has 2 aromatic rings. The number of benzene rings is 1. The summed E-state index contributed by atoms with van der Waals surface area (Å²) in [6.07, 6.45) is 0. The van der Waals surface area contributed by atoms with E-state index in [2.05, 4.69) is 9.97 Å². The molecular weight excluding hydrogens is 287 g/mol. The number of nitrogens with zero attached hydrogens (tertiary/aromatic N) is 2. The second-order valence-corrected chi connectivity index (χ2v) is 4.93.